The number of hydrogen-bond donors (Lipinski definition) is 2. The third-order valence-electron chi connectivity index (χ3n) is 0.543. The van der Waals surface area contributed by atoms with E-state index in [0.717, 1.165) is 0 Å². The minimum atomic E-state index is -4.08. The monoisotopic (exact) mass is 189 g/mol. The summed E-state index contributed by atoms with van der Waals surface area (Å²) in [6.45, 7) is -0.482. The van der Waals surface area contributed by atoms with Crippen LogP contribution in [-0.2, 0) is 19.2 Å². The summed E-state index contributed by atoms with van der Waals surface area (Å²) >= 11 is 0. The molecule has 0 aliphatic heterocycles. The van der Waals surface area contributed by atoms with Crippen LogP contribution in [-0.4, -0.2) is 30.2 Å². The lowest BCUT2D eigenvalue weighted by molar-refractivity contribution is 0.296. The van der Waals surface area contributed by atoms with Gasteiger partial charge < -0.3 is 0 Å². The fourth-order valence-corrected chi connectivity index (χ4v) is 0.886. The molecule has 6 nitrogen and oxygen atoms in total. The van der Waals surface area contributed by atoms with Crippen LogP contribution in [0, 0.1) is 0 Å². The van der Waals surface area contributed by atoms with Crippen LogP contribution in [0.25, 0.3) is 0 Å². The highest BCUT2D eigenvalue weighted by Crippen LogP contribution is 2.13. The highest BCUT2D eigenvalue weighted by atomic mass is 32.2. The second-order valence-electron chi connectivity index (χ2n) is 1.36. The Labute approximate surface area is 58.5 Å². The van der Waals surface area contributed by atoms with Gasteiger partial charge in [-0.1, -0.05) is 0 Å². The third-order valence-corrected chi connectivity index (χ3v) is 1.63. The molecular formula is C2H6O6PS+. The zero-order valence-electron chi connectivity index (χ0n) is 4.80. The molecule has 0 aliphatic carbocycles. The first-order valence-corrected chi connectivity index (χ1v) is 4.90. The summed E-state index contributed by atoms with van der Waals surface area (Å²) in [5.74, 6) is -0.672. The van der Waals surface area contributed by atoms with E-state index in [2.05, 4.69) is 4.52 Å². The van der Waals surface area contributed by atoms with Gasteiger partial charge in [-0.15, -0.1) is 9.42 Å². The van der Waals surface area contributed by atoms with Gasteiger partial charge in [-0.3, -0.25) is 4.55 Å². The summed E-state index contributed by atoms with van der Waals surface area (Å²) < 4.78 is 41.5. The van der Waals surface area contributed by atoms with E-state index in [1.165, 1.54) is 0 Å². The van der Waals surface area contributed by atoms with E-state index < -0.39 is 30.7 Å². The van der Waals surface area contributed by atoms with Crippen molar-refractivity contribution in [3.8, 4) is 0 Å². The van der Waals surface area contributed by atoms with Gasteiger partial charge >= 0.3 is 8.25 Å². The summed E-state index contributed by atoms with van der Waals surface area (Å²) in [4.78, 5) is 7.96. The first-order valence-electron chi connectivity index (χ1n) is 2.16. The topological polar surface area (TPSA) is 101 Å². The molecule has 0 rings (SSSR count). The molecule has 0 saturated carbocycles. The number of rotatable bonds is 4. The zero-order valence-corrected chi connectivity index (χ0v) is 6.51. The molecule has 1 atom stereocenters. The van der Waals surface area contributed by atoms with E-state index in [-0.39, 0.29) is 0 Å². The maximum absolute atomic E-state index is 9.91. The Kier molecular flexibility index (Phi) is 3.92. The quantitative estimate of drug-likeness (QED) is 0.458. The smallest absolute Gasteiger partial charge is 0.285 e. The molecule has 0 spiro atoms. The maximum Gasteiger partial charge on any atom is 0.694 e. The summed E-state index contributed by atoms with van der Waals surface area (Å²) in [5, 5.41) is 0. The van der Waals surface area contributed by atoms with Crippen LogP contribution in [0.1, 0.15) is 0 Å². The lowest BCUT2D eigenvalue weighted by atomic mass is 10.9. The van der Waals surface area contributed by atoms with Crippen molar-refractivity contribution in [3.63, 3.8) is 0 Å². The van der Waals surface area contributed by atoms with Gasteiger partial charge in [-0.25, -0.2) is 0 Å². The lowest BCUT2D eigenvalue weighted by Gasteiger charge is -1.87. The Bertz CT molecular complexity index is 206. The molecule has 0 aromatic heterocycles. The van der Waals surface area contributed by atoms with Crippen LogP contribution >= 0.6 is 8.25 Å². The highest BCUT2D eigenvalue weighted by Gasteiger charge is 2.14. The van der Waals surface area contributed by atoms with E-state index in [4.69, 9.17) is 9.45 Å². The van der Waals surface area contributed by atoms with Gasteiger partial charge in [0, 0.05) is 4.57 Å². The van der Waals surface area contributed by atoms with Crippen LogP contribution in [0.2, 0.25) is 0 Å². The van der Waals surface area contributed by atoms with Gasteiger partial charge in [0.15, 0.2) is 0 Å². The molecule has 2 N–H and O–H groups in total. The summed E-state index contributed by atoms with van der Waals surface area (Å²) in [7, 11) is -6.86. The predicted molar refractivity (Wildman–Crippen MR) is 32.2 cm³/mol. The second kappa shape index (κ2) is 3.95. The van der Waals surface area contributed by atoms with E-state index in [0.29, 0.717) is 0 Å². The molecule has 0 amide bonds. The molecular weight excluding hydrogens is 183 g/mol. The highest BCUT2D eigenvalue weighted by molar-refractivity contribution is 7.85. The average Bonchev–Trinajstić information content (AvgIpc) is 1.59. The van der Waals surface area contributed by atoms with Crippen molar-refractivity contribution in [1.82, 2.24) is 0 Å². The van der Waals surface area contributed by atoms with Gasteiger partial charge in [0.1, 0.15) is 12.4 Å². The van der Waals surface area contributed by atoms with Gasteiger partial charge in [0.05, 0.1) is 0 Å². The zero-order chi connectivity index (χ0) is 8.20. The molecule has 60 valence electrons. The van der Waals surface area contributed by atoms with Crippen molar-refractivity contribution in [2.75, 3.05) is 12.4 Å². The van der Waals surface area contributed by atoms with Crippen LogP contribution in [0.15, 0.2) is 0 Å². The van der Waals surface area contributed by atoms with E-state index in [9.17, 15) is 13.0 Å². The van der Waals surface area contributed by atoms with Crippen molar-refractivity contribution in [2.45, 2.75) is 0 Å². The summed E-state index contributed by atoms with van der Waals surface area (Å²) in [6, 6.07) is 0. The molecule has 0 saturated heterocycles. The molecule has 0 fully saturated rings. The second-order valence-corrected chi connectivity index (χ2v) is 3.66. The van der Waals surface area contributed by atoms with Crippen molar-refractivity contribution < 1.29 is 27.0 Å². The first kappa shape index (κ1) is 9.93. The van der Waals surface area contributed by atoms with E-state index in [1.807, 2.05) is 0 Å². The lowest BCUT2D eigenvalue weighted by Crippen LogP contribution is -2.08. The van der Waals surface area contributed by atoms with Crippen molar-refractivity contribution >= 4 is 18.4 Å². The Hall–Kier alpha value is -0.0700. The van der Waals surface area contributed by atoms with Gasteiger partial charge in [0.2, 0.25) is 0 Å². The first-order chi connectivity index (χ1) is 4.42. The van der Waals surface area contributed by atoms with Crippen LogP contribution in [0.5, 0.6) is 0 Å². The fourth-order valence-electron chi connectivity index (χ4n) is 0.221. The Morgan fingerprint density at radius 2 is 2.00 bits per heavy atom. The van der Waals surface area contributed by atoms with Gasteiger partial charge in [-0.2, -0.15) is 8.42 Å². The normalized spacial score (nSPS) is 13.2. The standard InChI is InChI=1S/C2H5O6PS/c3-9(4)8-1-2-10(5,6)7/h1-2H2,(H-,3,4,5,6,7)/p+1. The van der Waals surface area contributed by atoms with Crippen LogP contribution in [0.3, 0.4) is 0 Å². The van der Waals surface area contributed by atoms with Gasteiger partial charge in [0.25, 0.3) is 10.1 Å². The molecule has 0 aromatic rings. The van der Waals surface area contributed by atoms with Gasteiger partial charge in [-0.05, 0) is 0 Å². The summed E-state index contributed by atoms with van der Waals surface area (Å²) in [6.07, 6.45) is 0. The number of hydrogen-bond acceptors (Lipinski definition) is 4. The van der Waals surface area contributed by atoms with Crippen molar-refractivity contribution in [2.24, 2.45) is 0 Å². The minimum absolute atomic E-state index is 0.482. The molecule has 1 unspecified atom stereocenters. The predicted octanol–water partition coefficient (Wildman–Crippen LogP) is -0.460. The summed E-state index contributed by atoms with van der Waals surface area (Å²) in [5.41, 5.74) is 0. The molecule has 10 heavy (non-hydrogen) atoms. The average molecular weight is 189 g/mol. The van der Waals surface area contributed by atoms with Crippen molar-refractivity contribution in [1.29, 1.82) is 0 Å². The molecule has 8 heteroatoms. The van der Waals surface area contributed by atoms with E-state index >= 15 is 0 Å². The molecule has 0 radical (unpaired) electrons. The van der Waals surface area contributed by atoms with Crippen LogP contribution in [0.4, 0.5) is 0 Å². The molecule has 0 heterocycles. The van der Waals surface area contributed by atoms with E-state index in [1.54, 1.807) is 0 Å². The maximum atomic E-state index is 9.91. The largest absolute Gasteiger partial charge is 0.694 e. The van der Waals surface area contributed by atoms with Crippen LogP contribution < -0.4 is 0 Å². The van der Waals surface area contributed by atoms with Crippen molar-refractivity contribution in [3.05, 3.63) is 0 Å². The Balaban J connectivity index is 3.49. The molecule has 0 aromatic carbocycles. The fraction of sp³-hybridized carbons (Fsp3) is 1.00. The molecule has 0 bridgehead atoms. The third kappa shape index (κ3) is 7.93. The minimum Gasteiger partial charge on any atom is -0.285 e. The SMILES string of the molecule is O=[P+](O)OCCS(=O)(=O)O. The molecule has 0 aliphatic rings. The Morgan fingerprint density at radius 1 is 1.50 bits per heavy atom. The Morgan fingerprint density at radius 3 is 2.30 bits per heavy atom.